The molecule has 0 bridgehead atoms. The number of hydrogen-bond acceptors (Lipinski definition) is 1. The van der Waals surface area contributed by atoms with Gasteiger partial charge in [0, 0.05) is 12.0 Å². The van der Waals surface area contributed by atoms with Crippen molar-refractivity contribution in [3.05, 3.63) is 33.4 Å². The Bertz CT molecular complexity index is 440. The zero-order valence-corrected chi connectivity index (χ0v) is 12.9. The highest BCUT2D eigenvalue weighted by Crippen LogP contribution is 2.28. The number of carbonyl (C=O) groups is 1. The summed E-state index contributed by atoms with van der Waals surface area (Å²) in [4.78, 5) is 12.5. The lowest BCUT2D eigenvalue weighted by Gasteiger charge is -2.18. The molecular formula is C17H26O. The van der Waals surface area contributed by atoms with E-state index in [2.05, 4.69) is 48.5 Å². The number of Topliss-reactive ketones (excluding diaryl/α,β-unsaturated/α-hetero) is 1. The molecule has 0 amide bonds. The van der Waals surface area contributed by atoms with Crippen LogP contribution >= 0.6 is 0 Å². The van der Waals surface area contributed by atoms with Gasteiger partial charge < -0.3 is 0 Å². The van der Waals surface area contributed by atoms with Crippen molar-refractivity contribution < 1.29 is 4.79 Å². The Kier molecular flexibility index (Phi) is 4.72. The first-order valence-corrected chi connectivity index (χ1v) is 6.91. The summed E-state index contributed by atoms with van der Waals surface area (Å²) < 4.78 is 0. The SMILES string of the molecule is CCC(C)CC(=O)c1c(C)c(C)c(C)c(C)c1C. The van der Waals surface area contributed by atoms with Gasteiger partial charge in [-0.2, -0.15) is 0 Å². The van der Waals surface area contributed by atoms with Gasteiger partial charge in [-0.25, -0.2) is 0 Å². The second-order valence-corrected chi connectivity index (χ2v) is 5.64. The summed E-state index contributed by atoms with van der Waals surface area (Å²) in [5.74, 6) is 0.781. The summed E-state index contributed by atoms with van der Waals surface area (Å²) in [6.45, 7) is 14.8. The van der Waals surface area contributed by atoms with E-state index in [1.807, 2.05) is 0 Å². The normalized spacial score (nSPS) is 12.6. The molecule has 0 spiro atoms. The Morgan fingerprint density at radius 2 is 1.28 bits per heavy atom. The predicted molar refractivity (Wildman–Crippen MR) is 78.5 cm³/mol. The number of rotatable bonds is 4. The van der Waals surface area contributed by atoms with Crippen LogP contribution in [0.5, 0.6) is 0 Å². The van der Waals surface area contributed by atoms with Crippen molar-refractivity contribution in [3.63, 3.8) is 0 Å². The second kappa shape index (κ2) is 5.69. The van der Waals surface area contributed by atoms with Crippen LogP contribution in [-0.2, 0) is 0 Å². The van der Waals surface area contributed by atoms with Gasteiger partial charge in [-0.15, -0.1) is 0 Å². The van der Waals surface area contributed by atoms with Crippen molar-refractivity contribution in [2.24, 2.45) is 5.92 Å². The molecule has 100 valence electrons. The summed E-state index contributed by atoms with van der Waals surface area (Å²) in [7, 11) is 0. The molecule has 1 heteroatoms. The Morgan fingerprint density at radius 3 is 1.67 bits per heavy atom. The summed E-state index contributed by atoms with van der Waals surface area (Å²) in [6, 6.07) is 0. The quantitative estimate of drug-likeness (QED) is 0.694. The third-order valence-electron chi connectivity index (χ3n) is 4.51. The number of hydrogen-bond donors (Lipinski definition) is 0. The van der Waals surface area contributed by atoms with Gasteiger partial charge in [0.2, 0.25) is 0 Å². The zero-order valence-electron chi connectivity index (χ0n) is 12.9. The Labute approximate surface area is 112 Å². The fourth-order valence-corrected chi connectivity index (χ4v) is 2.48. The molecule has 0 aliphatic rings. The van der Waals surface area contributed by atoms with Crippen molar-refractivity contribution >= 4 is 5.78 Å². The lowest BCUT2D eigenvalue weighted by atomic mass is 9.85. The molecule has 18 heavy (non-hydrogen) atoms. The Morgan fingerprint density at radius 1 is 0.889 bits per heavy atom. The van der Waals surface area contributed by atoms with Gasteiger partial charge in [0.1, 0.15) is 0 Å². The molecule has 1 nitrogen and oxygen atoms in total. The van der Waals surface area contributed by atoms with Crippen LogP contribution in [0, 0.1) is 40.5 Å². The average Bonchev–Trinajstić information content (AvgIpc) is 2.34. The zero-order chi connectivity index (χ0) is 14.0. The molecule has 1 aromatic carbocycles. The van der Waals surface area contributed by atoms with E-state index in [1.54, 1.807) is 0 Å². The van der Waals surface area contributed by atoms with E-state index < -0.39 is 0 Å². The maximum absolute atomic E-state index is 12.5. The summed E-state index contributed by atoms with van der Waals surface area (Å²) in [5.41, 5.74) is 7.17. The van der Waals surface area contributed by atoms with Gasteiger partial charge in [-0.3, -0.25) is 4.79 Å². The topological polar surface area (TPSA) is 17.1 Å². The van der Waals surface area contributed by atoms with Crippen LogP contribution in [-0.4, -0.2) is 5.78 Å². The van der Waals surface area contributed by atoms with Crippen LogP contribution in [0.4, 0.5) is 0 Å². The van der Waals surface area contributed by atoms with Crippen LogP contribution in [0.1, 0.15) is 64.9 Å². The van der Waals surface area contributed by atoms with E-state index >= 15 is 0 Å². The molecule has 1 atom stereocenters. The molecule has 0 radical (unpaired) electrons. The molecule has 0 fully saturated rings. The fourth-order valence-electron chi connectivity index (χ4n) is 2.48. The predicted octanol–water partition coefficient (Wildman–Crippen LogP) is 4.85. The smallest absolute Gasteiger partial charge is 0.163 e. The summed E-state index contributed by atoms with van der Waals surface area (Å²) in [6.07, 6.45) is 1.73. The molecule has 0 N–H and O–H groups in total. The van der Waals surface area contributed by atoms with Crippen LogP contribution in [0.2, 0.25) is 0 Å². The van der Waals surface area contributed by atoms with Crippen molar-refractivity contribution in [1.82, 2.24) is 0 Å². The average molecular weight is 246 g/mol. The molecule has 0 aliphatic carbocycles. The first-order valence-electron chi connectivity index (χ1n) is 6.91. The molecule has 0 heterocycles. The third kappa shape index (κ3) is 2.66. The van der Waals surface area contributed by atoms with E-state index in [-0.39, 0.29) is 0 Å². The Balaban J connectivity index is 3.29. The Hall–Kier alpha value is -1.11. The van der Waals surface area contributed by atoms with Gasteiger partial charge in [0.05, 0.1) is 0 Å². The molecule has 0 saturated heterocycles. The van der Waals surface area contributed by atoms with Crippen LogP contribution in [0.3, 0.4) is 0 Å². The van der Waals surface area contributed by atoms with Crippen molar-refractivity contribution in [1.29, 1.82) is 0 Å². The van der Waals surface area contributed by atoms with E-state index in [4.69, 9.17) is 0 Å². The number of ketones is 1. The molecule has 1 unspecified atom stereocenters. The fraction of sp³-hybridized carbons (Fsp3) is 0.588. The second-order valence-electron chi connectivity index (χ2n) is 5.64. The van der Waals surface area contributed by atoms with E-state index in [0.29, 0.717) is 18.1 Å². The van der Waals surface area contributed by atoms with E-state index in [9.17, 15) is 4.79 Å². The molecule has 1 rings (SSSR count). The van der Waals surface area contributed by atoms with Gasteiger partial charge >= 0.3 is 0 Å². The minimum atomic E-state index is 0.311. The maximum atomic E-state index is 12.5. The van der Waals surface area contributed by atoms with Crippen molar-refractivity contribution in [2.75, 3.05) is 0 Å². The van der Waals surface area contributed by atoms with Gasteiger partial charge in [0.25, 0.3) is 0 Å². The molecule has 0 saturated carbocycles. The summed E-state index contributed by atoms with van der Waals surface area (Å²) >= 11 is 0. The van der Waals surface area contributed by atoms with Gasteiger partial charge in [-0.05, 0) is 68.4 Å². The highest BCUT2D eigenvalue weighted by Gasteiger charge is 2.19. The van der Waals surface area contributed by atoms with Gasteiger partial charge in [-0.1, -0.05) is 20.3 Å². The first kappa shape index (κ1) is 14.9. The standard InChI is InChI=1S/C17H26O/c1-8-10(2)9-16(18)17-14(6)12(4)11(3)13(5)15(17)7/h10H,8-9H2,1-7H3. The lowest BCUT2D eigenvalue weighted by molar-refractivity contribution is 0.0962. The first-order chi connectivity index (χ1) is 8.31. The van der Waals surface area contributed by atoms with E-state index in [1.165, 1.54) is 27.8 Å². The number of carbonyl (C=O) groups excluding carboxylic acids is 1. The molecule has 0 aliphatic heterocycles. The van der Waals surface area contributed by atoms with Gasteiger partial charge in [0.15, 0.2) is 5.78 Å². The van der Waals surface area contributed by atoms with Crippen LogP contribution < -0.4 is 0 Å². The third-order valence-corrected chi connectivity index (χ3v) is 4.51. The van der Waals surface area contributed by atoms with Crippen LogP contribution in [0.25, 0.3) is 0 Å². The number of benzene rings is 1. The largest absolute Gasteiger partial charge is 0.294 e. The summed E-state index contributed by atoms with van der Waals surface area (Å²) in [5, 5.41) is 0. The minimum Gasteiger partial charge on any atom is -0.294 e. The van der Waals surface area contributed by atoms with E-state index in [0.717, 1.165) is 12.0 Å². The highest BCUT2D eigenvalue weighted by atomic mass is 16.1. The lowest BCUT2D eigenvalue weighted by Crippen LogP contribution is -2.12. The van der Waals surface area contributed by atoms with Crippen molar-refractivity contribution in [3.8, 4) is 0 Å². The van der Waals surface area contributed by atoms with Crippen LogP contribution in [0.15, 0.2) is 0 Å². The highest BCUT2D eigenvalue weighted by molar-refractivity contribution is 5.99. The minimum absolute atomic E-state index is 0.311. The van der Waals surface area contributed by atoms with Crippen molar-refractivity contribution in [2.45, 2.75) is 61.3 Å². The molecular weight excluding hydrogens is 220 g/mol. The molecule has 0 aromatic heterocycles. The maximum Gasteiger partial charge on any atom is 0.163 e. The molecule has 1 aromatic rings. The monoisotopic (exact) mass is 246 g/mol.